The van der Waals surface area contributed by atoms with Crippen LogP contribution in [-0.4, -0.2) is 40.9 Å². The molecule has 2 N–H and O–H groups in total. The minimum Gasteiger partial charge on any atom is -0.376 e. The molecule has 0 bridgehead atoms. The van der Waals surface area contributed by atoms with Crippen molar-refractivity contribution in [3.05, 3.63) is 11.3 Å². The van der Waals surface area contributed by atoms with E-state index in [0.717, 1.165) is 55.1 Å². The second kappa shape index (κ2) is 9.31. The third kappa shape index (κ3) is 4.89. The van der Waals surface area contributed by atoms with E-state index < -0.39 is 0 Å². The number of carbonyl (C=O) groups excluding carboxylic acids is 2. The van der Waals surface area contributed by atoms with Gasteiger partial charge in [-0.15, -0.1) is 0 Å². The van der Waals surface area contributed by atoms with Gasteiger partial charge in [0, 0.05) is 36.6 Å². The molecule has 3 aliphatic rings. The maximum atomic E-state index is 12.6. The van der Waals surface area contributed by atoms with Crippen LogP contribution in [0.15, 0.2) is 0 Å². The van der Waals surface area contributed by atoms with Crippen molar-refractivity contribution in [2.75, 3.05) is 18.5 Å². The molecule has 1 aliphatic carbocycles. The van der Waals surface area contributed by atoms with Crippen molar-refractivity contribution >= 4 is 29.4 Å². The van der Waals surface area contributed by atoms with Crippen LogP contribution in [0.4, 0.5) is 5.82 Å². The van der Waals surface area contributed by atoms with E-state index in [1.165, 1.54) is 19.3 Å². The van der Waals surface area contributed by atoms with Crippen molar-refractivity contribution in [1.82, 2.24) is 15.1 Å². The maximum Gasteiger partial charge on any atom is 0.241 e. The topological polar surface area (TPSA) is 85.2 Å². The summed E-state index contributed by atoms with van der Waals surface area (Å²) in [5.74, 6) is 2.84. The molecule has 3 heterocycles. The smallest absolute Gasteiger partial charge is 0.241 e. The van der Waals surface area contributed by atoms with Crippen LogP contribution in [0, 0.1) is 5.92 Å². The zero-order valence-electron chi connectivity index (χ0n) is 16.4. The summed E-state index contributed by atoms with van der Waals surface area (Å²) in [5.41, 5.74) is 2.07. The number of rotatable bonds is 7. The Kier molecular flexibility index (Phi) is 6.57. The van der Waals surface area contributed by atoms with Crippen LogP contribution in [0.2, 0.25) is 0 Å². The number of anilines is 1. The largest absolute Gasteiger partial charge is 0.376 e. The molecule has 8 heteroatoms. The van der Waals surface area contributed by atoms with E-state index in [4.69, 9.17) is 4.74 Å². The van der Waals surface area contributed by atoms with Gasteiger partial charge in [0.25, 0.3) is 0 Å². The van der Waals surface area contributed by atoms with Gasteiger partial charge in [0.05, 0.1) is 11.8 Å². The Hall–Kier alpha value is -1.54. The van der Waals surface area contributed by atoms with Gasteiger partial charge in [0.1, 0.15) is 12.4 Å². The number of hydrogen-bond acceptors (Lipinski definition) is 5. The highest BCUT2D eigenvalue weighted by Crippen LogP contribution is 2.35. The van der Waals surface area contributed by atoms with E-state index in [-0.39, 0.29) is 24.5 Å². The van der Waals surface area contributed by atoms with Crippen LogP contribution in [-0.2, 0) is 32.4 Å². The molecule has 1 saturated carbocycles. The number of aromatic nitrogens is 2. The van der Waals surface area contributed by atoms with E-state index in [0.29, 0.717) is 24.7 Å². The van der Waals surface area contributed by atoms with E-state index in [1.54, 1.807) is 16.4 Å². The quantitative estimate of drug-likeness (QED) is 0.727. The molecule has 2 amide bonds. The highest BCUT2D eigenvalue weighted by Gasteiger charge is 2.26. The number of carbonyl (C=O) groups is 2. The Morgan fingerprint density at radius 1 is 1.11 bits per heavy atom. The summed E-state index contributed by atoms with van der Waals surface area (Å²) in [4.78, 5) is 25.0. The second-order valence-corrected chi connectivity index (χ2v) is 9.11. The first-order chi connectivity index (χ1) is 13.7. The van der Waals surface area contributed by atoms with Crippen LogP contribution < -0.4 is 10.6 Å². The standard InChI is InChI=1S/C20H30N4O3S/c25-18(9-14-5-2-1-3-6-14)22-20-16-12-28-13-17(16)23-24(20)11-19(26)21-10-15-7-4-8-27-15/h14-15H,1-13H2,(H,21,26)(H,22,25)/t15-/m1/s1. The molecule has 2 fully saturated rings. The van der Waals surface area contributed by atoms with Gasteiger partial charge in [0.2, 0.25) is 11.8 Å². The molecular weight excluding hydrogens is 376 g/mol. The molecule has 154 valence electrons. The van der Waals surface area contributed by atoms with Gasteiger partial charge >= 0.3 is 0 Å². The number of hydrogen-bond donors (Lipinski definition) is 2. The first-order valence-corrected chi connectivity index (χ1v) is 11.7. The lowest BCUT2D eigenvalue weighted by molar-refractivity contribution is -0.122. The Balaban J connectivity index is 1.37. The number of ether oxygens (including phenoxy) is 1. The molecule has 2 aliphatic heterocycles. The van der Waals surface area contributed by atoms with Crippen LogP contribution in [0.1, 0.15) is 62.6 Å². The minimum atomic E-state index is -0.0906. The normalized spacial score (nSPS) is 22.2. The molecule has 28 heavy (non-hydrogen) atoms. The van der Waals surface area contributed by atoms with Gasteiger partial charge < -0.3 is 15.4 Å². The summed E-state index contributed by atoms with van der Waals surface area (Å²) in [6.07, 6.45) is 8.78. The van der Waals surface area contributed by atoms with Crippen LogP contribution in [0.25, 0.3) is 0 Å². The van der Waals surface area contributed by atoms with Gasteiger partial charge in [-0.1, -0.05) is 19.3 Å². The highest BCUT2D eigenvalue weighted by atomic mass is 32.2. The Morgan fingerprint density at radius 3 is 2.75 bits per heavy atom. The lowest BCUT2D eigenvalue weighted by Gasteiger charge is -2.21. The average Bonchev–Trinajstić information content (AvgIpc) is 3.41. The van der Waals surface area contributed by atoms with Gasteiger partial charge in [-0.3, -0.25) is 9.59 Å². The zero-order valence-corrected chi connectivity index (χ0v) is 17.2. The molecule has 1 atom stereocenters. The number of thioether (sulfide) groups is 1. The molecule has 1 saturated heterocycles. The molecular formula is C20H30N4O3S. The summed E-state index contributed by atoms with van der Waals surface area (Å²) in [7, 11) is 0. The summed E-state index contributed by atoms with van der Waals surface area (Å²) in [6, 6.07) is 0. The van der Waals surface area contributed by atoms with Crippen LogP contribution >= 0.6 is 11.8 Å². The SMILES string of the molecule is O=C(Cn1nc2c(c1NC(=O)CC1CCCCC1)CSC2)NC[C@H]1CCCO1. The first-order valence-electron chi connectivity index (χ1n) is 10.5. The fraction of sp³-hybridized carbons (Fsp3) is 0.750. The third-order valence-electron chi connectivity index (χ3n) is 5.92. The molecule has 7 nitrogen and oxygen atoms in total. The number of nitrogens with one attached hydrogen (secondary N) is 2. The number of amides is 2. The highest BCUT2D eigenvalue weighted by molar-refractivity contribution is 7.98. The Labute approximate surface area is 170 Å². The number of fused-ring (bicyclic) bond motifs is 1. The van der Waals surface area contributed by atoms with Crippen molar-refractivity contribution in [1.29, 1.82) is 0 Å². The summed E-state index contributed by atoms with van der Waals surface area (Å²) < 4.78 is 7.23. The maximum absolute atomic E-state index is 12.6. The van der Waals surface area contributed by atoms with Crippen molar-refractivity contribution in [3.8, 4) is 0 Å². The van der Waals surface area contributed by atoms with Crippen molar-refractivity contribution in [3.63, 3.8) is 0 Å². The predicted octanol–water partition coefficient (Wildman–Crippen LogP) is 2.83. The fourth-order valence-corrected chi connectivity index (χ4v) is 5.42. The van der Waals surface area contributed by atoms with E-state index in [1.807, 2.05) is 0 Å². The van der Waals surface area contributed by atoms with E-state index in [2.05, 4.69) is 15.7 Å². The van der Waals surface area contributed by atoms with Gasteiger partial charge in [-0.25, -0.2) is 4.68 Å². The third-order valence-corrected chi connectivity index (χ3v) is 6.89. The zero-order chi connectivity index (χ0) is 19.3. The number of nitrogens with zero attached hydrogens (tertiary/aromatic N) is 2. The lowest BCUT2D eigenvalue weighted by atomic mass is 9.87. The molecule has 1 aromatic heterocycles. The minimum absolute atomic E-state index is 0.0486. The van der Waals surface area contributed by atoms with E-state index >= 15 is 0 Å². The molecule has 0 unspecified atom stereocenters. The van der Waals surface area contributed by atoms with Crippen molar-refractivity contribution in [2.24, 2.45) is 5.92 Å². The summed E-state index contributed by atoms with van der Waals surface area (Å²) in [6.45, 7) is 1.45. The van der Waals surface area contributed by atoms with Gasteiger partial charge in [-0.2, -0.15) is 16.9 Å². The monoisotopic (exact) mass is 406 g/mol. The summed E-state index contributed by atoms with van der Waals surface area (Å²) >= 11 is 1.80. The Bertz CT molecular complexity index is 709. The second-order valence-electron chi connectivity index (χ2n) is 8.12. The Morgan fingerprint density at radius 2 is 1.96 bits per heavy atom. The van der Waals surface area contributed by atoms with Crippen LogP contribution in [0.3, 0.4) is 0 Å². The van der Waals surface area contributed by atoms with Crippen molar-refractivity contribution in [2.45, 2.75) is 75.5 Å². The molecule has 0 spiro atoms. The molecule has 0 aromatic carbocycles. The lowest BCUT2D eigenvalue weighted by Crippen LogP contribution is -2.34. The first kappa shape index (κ1) is 19.8. The van der Waals surface area contributed by atoms with Crippen molar-refractivity contribution < 1.29 is 14.3 Å². The van der Waals surface area contributed by atoms with Gasteiger partial charge in [0.15, 0.2) is 0 Å². The van der Waals surface area contributed by atoms with E-state index in [9.17, 15) is 9.59 Å². The van der Waals surface area contributed by atoms with Crippen LogP contribution in [0.5, 0.6) is 0 Å². The van der Waals surface area contributed by atoms with Gasteiger partial charge in [-0.05, 0) is 31.6 Å². The molecule has 1 aromatic rings. The molecule has 4 rings (SSSR count). The average molecular weight is 407 g/mol. The predicted molar refractivity (Wildman–Crippen MR) is 109 cm³/mol. The summed E-state index contributed by atoms with van der Waals surface area (Å²) in [5, 5.41) is 10.6. The fourth-order valence-electron chi connectivity index (χ4n) is 4.38. The molecule has 0 radical (unpaired) electrons.